The number of benzene rings is 1. The molecule has 9 heteroatoms. The first-order valence-electron chi connectivity index (χ1n) is 11.8. The Kier molecular flexibility index (Phi) is 7.08. The number of hydrogen-bond donors (Lipinski definition) is 1. The highest BCUT2D eigenvalue weighted by atomic mass is 127. The highest BCUT2D eigenvalue weighted by Gasteiger charge is 2.32. The maximum atomic E-state index is 14.2. The SMILES string of the molecule is CN(C)C[C@H](c1cc(F)cc(I)c1)n1ccc(C2=CNC3N=CC(N4CCOCC4)=CC23)cc1=O. The van der Waals surface area contributed by atoms with Crippen molar-refractivity contribution in [2.24, 2.45) is 10.9 Å². The molecule has 1 N–H and O–H groups in total. The fraction of sp³-hybridized carbons (Fsp3) is 0.385. The van der Waals surface area contributed by atoms with Crippen molar-refractivity contribution in [3.63, 3.8) is 0 Å². The molecule has 7 nitrogen and oxygen atoms in total. The molecule has 0 saturated carbocycles. The van der Waals surface area contributed by atoms with Gasteiger partial charge in [-0.05, 0) is 83.7 Å². The molecule has 3 aliphatic heterocycles. The molecular formula is C26H29FIN5O2. The van der Waals surface area contributed by atoms with Gasteiger partial charge in [0.25, 0.3) is 5.56 Å². The molecule has 0 bridgehead atoms. The summed E-state index contributed by atoms with van der Waals surface area (Å²) in [5.41, 5.74) is 3.68. The Morgan fingerprint density at radius 1 is 1.26 bits per heavy atom. The van der Waals surface area contributed by atoms with Gasteiger partial charge in [-0.25, -0.2) is 4.39 Å². The predicted molar refractivity (Wildman–Crippen MR) is 144 cm³/mol. The van der Waals surface area contributed by atoms with E-state index in [0.29, 0.717) is 6.54 Å². The first-order valence-corrected chi connectivity index (χ1v) is 12.8. The molecule has 0 spiro atoms. The topological polar surface area (TPSA) is 62.1 Å². The van der Waals surface area contributed by atoms with Crippen molar-refractivity contribution in [2.75, 3.05) is 46.9 Å². The molecule has 2 aromatic rings. The summed E-state index contributed by atoms with van der Waals surface area (Å²) in [5, 5.41) is 3.35. The molecular weight excluding hydrogens is 560 g/mol. The van der Waals surface area contributed by atoms with E-state index in [1.165, 1.54) is 12.1 Å². The highest BCUT2D eigenvalue weighted by molar-refractivity contribution is 14.1. The Hall–Kier alpha value is -2.50. The zero-order valence-corrected chi connectivity index (χ0v) is 22.0. The number of nitrogens with one attached hydrogen (secondary N) is 1. The Morgan fingerprint density at radius 3 is 2.77 bits per heavy atom. The zero-order chi connectivity index (χ0) is 24.5. The van der Waals surface area contributed by atoms with Gasteiger partial charge in [0.2, 0.25) is 0 Å². The normalized spacial score (nSPS) is 22.5. The number of halogens is 2. The first kappa shape index (κ1) is 24.2. The van der Waals surface area contributed by atoms with Gasteiger partial charge in [-0.1, -0.05) is 0 Å². The number of rotatable bonds is 6. The van der Waals surface area contributed by atoms with Crippen molar-refractivity contribution in [1.29, 1.82) is 0 Å². The quantitative estimate of drug-likeness (QED) is 0.526. The molecule has 0 radical (unpaired) electrons. The number of ether oxygens (including phenoxy) is 1. The number of likely N-dealkylation sites (N-methyl/N-ethyl adjacent to an activating group) is 1. The number of dihydropyridines is 1. The second-order valence-corrected chi connectivity index (χ2v) is 10.6. The van der Waals surface area contributed by atoms with Crippen LogP contribution in [-0.4, -0.2) is 73.7 Å². The molecule has 0 aliphatic carbocycles. The van der Waals surface area contributed by atoms with Crippen LogP contribution in [0.1, 0.15) is 17.2 Å². The van der Waals surface area contributed by atoms with E-state index in [-0.39, 0.29) is 29.5 Å². The van der Waals surface area contributed by atoms with Gasteiger partial charge >= 0.3 is 0 Å². The number of aromatic nitrogens is 1. The van der Waals surface area contributed by atoms with Gasteiger partial charge in [-0.15, -0.1) is 0 Å². The molecule has 35 heavy (non-hydrogen) atoms. The molecule has 4 heterocycles. The Labute approximate surface area is 218 Å². The minimum Gasteiger partial charge on any atom is -0.378 e. The molecule has 3 aliphatic rings. The minimum absolute atomic E-state index is 0.0514. The number of nitrogens with zero attached hydrogens (tertiary/aromatic N) is 4. The number of hydrogen-bond acceptors (Lipinski definition) is 6. The van der Waals surface area contributed by atoms with Crippen LogP contribution in [0.5, 0.6) is 0 Å². The molecule has 1 aromatic carbocycles. The average molecular weight is 589 g/mol. The summed E-state index contributed by atoms with van der Waals surface area (Å²) in [4.78, 5) is 22.4. The molecule has 2 unspecified atom stereocenters. The summed E-state index contributed by atoms with van der Waals surface area (Å²) in [6, 6.07) is 8.30. The third kappa shape index (κ3) is 5.22. The summed E-state index contributed by atoms with van der Waals surface area (Å²) >= 11 is 2.11. The van der Waals surface area contributed by atoms with Crippen LogP contribution in [0.25, 0.3) is 5.57 Å². The Balaban J connectivity index is 1.44. The number of morpholine rings is 1. The molecule has 0 amide bonds. The summed E-state index contributed by atoms with van der Waals surface area (Å²) < 4.78 is 22.2. The van der Waals surface area contributed by atoms with Crippen LogP contribution in [0.3, 0.4) is 0 Å². The number of fused-ring (bicyclic) bond motifs is 1. The molecule has 1 fully saturated rings. The van der Waals surface area contributed by atoms with Crippen LogP contribution in [0, 0.1) is 15.3 Å². The van der Waals surface area contributed by atoms with Gasteiger partial charge in [0.15, 0.2) is 0 Å². The van der Waals surface area contributed by atoms with Gasteiger partial charge in [0, 0.05) is 53.8 Å². The predicted octanol–water partition coefficient (Wildman–Crippen LogP) is 2.93. The number of aliphatic imine (C=N–C) groups is 1. The summed E-state index contributed by atoms with van der Waals surface area (Å²) in [5.74, 6) is -0.246. The lowest BCUT2D eigenvalue weighted by Gasteiger charge is -2.32. The van der Waals surface area contributed by atoms with E-state index in [4.69, 9.17) is 9.73 Å². The minimum atomic E-state index is -0.300. The van der Waals surface area contributed by atoms with E-state index in [9.17, 15) is 9.18 Å². The van der Waals surface area contributed by atoms with Crippen molar-refractivity contribution in [1.82, 2.24) is 19.7 Å². The maximum Gasteiger partial charge on any atom is 0.251 e. The van der Waals surface area contributed by atoms with Crippen LogP contribution >= 0.6 is 22.6 Å². The monoisotopic (exact) mass is 589 g/mol. The van der Waals surface area contributed by atoms with Crippen molar-refractivity contribution in [3.05, 3.63) is 85.4 Å². The van der Waals surface area contributed by atoms with Crippen LogP contribution in [0.15, 0.2) is 64.3 Å². The average Bonchev–Trinajstić information content (AvgIpc) is 3.26. The third-order valence-electron chi connectivity index (χ3n) is 6.63. The van der Waals surface area contributed by atoms with E-state index in [0.717, 1.165) is 52.3 Å². The van der Waals surface area contributed by atoms with Crippen LogP contribution in [0.4, 0.5) is 4.39 Å². The lowest BCUT2D eigenvalue weighted by Crippen LogP contribution is -2.38. The van der Waals surface area contributed by atoms with E-state index in [1.54, 1.807) is 10.6 Å². The zero-order valence-electron chi connectivity index (χ0n) is 19.8. The molecule has 3 atom stereocenters. The molecule has 1 aromatic heterocycles. The van der Waals surface area contributed by atoms with Gasteiger partial charge < -0.3 is 24.4 Å². The molecule has 184 valence electrons. The van der Waals surface area contributed by atoms with Crippen LogP contribution < -0.4 is 10.9 Å². The second-order valence-electron chi connectivity index (χ2n) is 9.35. The van der Waals surface area contributed by atoms with Crippen molar-refractivity contribution in [2.45, 2.75) is 12.2 Å². The summed E-state index contributed by atoms with van der Waals surface area (Å²) in [6.07, 6.45) is 7.91. The van der Waals surface area contributed by atoms with E-state index in [2.05, 4.69) is 38.9 Å². The number of allylic oxidation sites excluding steroid dienone is 1. The second kappa shape index (κ2) is 10.2. The first-order chi connectivity index (χ1) is 16.9. The van der Waals surface area contributed by atoms with E-state index >= 15 is 0 Å². The Morgan fingerprint density at radius 2 is 2.06 bits per heavy atom. The lowest BCUT2D eigenvalue weighted by atomic mass is 9.91. The van der Waals surface area contributed by atoms with E-state index < -0.39 is 0 Å². The van der Waals surface area contributed by atoms with Gasteiger partial charge in [-0.3, -0.25) is 9.79 Å². The highest BCUT2D eigenvalue weighted by Crippen LogP contribution is 2.34. The summed E-state index contributed by atoms with van der Waals surface area (Å²) in [7, 11) is 3.90. The molecule has 1 saturated heterocycles. The van der Waals surface area contributed by atoms with Gasteiger partial charge in [0.1, 0.15) is 12.0 Å². The fourth-order valence-corrected chi connectivity index (χ4v) is 5.58. The third-order valence-corrected chi connectivity index (χ3v) is 7.25. The van der Waals surface area contributed by atoms with Crippen molar-refractivity contribution >= 4 is 34.4 Å². The molecule has 5 rings (SSSR count). The van der Waals surface area contributed by atoms with Crippen molar-refractivity contribution < 1.29 is 9.13 Å². The van der Waals surface area contributed by atoms with E-state index in [1.807, 2.05) is 49.7 Å². The van der Waals surface area contributed by atoms with Crippen LogP contribution in [0.2, 0.25) is 0 Å². The standard InChI is InChI=1S/C26H29FIN5O2/c1-31(2)16-24(18-9-19(27)12-20(28)10-18)33-4-3-17(11-25(33)34)23-15-30-26-22(23)13-21(14-29-26)32-5-7-35-8-6-32/h3-4,9-15,22,24,26,30H,5-8,16H2,1-2H3/t22?,24-,26?/m1/s1. The number of pyridine rings is 1. The van der Waals surface area contributed by atoms with Gasteiger partial charge in [-0.2, -0.15) is 0 Å². The smallest absolute Gasteiger partial charge is 0.251 e. The summed E-state index contributed by atoms with van der Waals surface area (Å²) in [6.45, 7) is 3.72. The maximum absolute atomic E-state index is 14.2. The lowest BCUT2D eigenvalue weighted by molar-refractivity contribution is 0.0562. The fourth-order valence-electron chi connectivity index (χ4n) is 4.92. The Bertz CT molecular complexity index is 1230. The van der Waals surface area contributed by atoms with Gasteiger partial charge in [0.05, 0.1) is 25.0 Å². The largest absolute Gasteiger partial charge is 0.378 e. The van der Waals surface area contributed by atoms with Crippen molar-refractivity contribution in [3.8, 4) is 0 Å². The van der Waals surface area contributed by atoms with Crippen LogP contribution in [-0.2, 0) is 4.74 Å².